The Morgan fingerprint density at radius 2 is 1.56 bits per heavy atom. The normalized spacial score (nSPS) is 12.9. The van der Waals surface area contributed by atoms with Crippen LogP contribution in [0.2, 0.25) is 0 Å². The molecule has 7 aromatic rings. The number of aromatic nitrogens is 2. The van der Waals surface area contributed by atoms with Gasteiger partial charge in [-0.05, 0) is 49.1 Å². The van der Waals surface area contributed by atoms with Crippen molar-refractivity contribution in [2.45, 2.75) is 6.92 Å². The Morgan fingerprint density at radius 3 is 2.31 bits per heavy atom. The van der Waals surface area contributed by atoms with E-state index < -0.39 is 0 Å². The summed E-state index contributed by atoms with van der Waals surface area (Å²) in [6, 6.07) is 38.1. The molecule has 0 fully saturated rings. The van der Waals surface area contributed by atoms with Gasteiger partial charge in [0.2, 0.25) is 0 Å². The van der Waals surface area contributed by atoms with E-state index in [-0.39, 0.29) is 20.1 Å². The number of nitrogens with zero attached hydrogens (tertiary/aromatic N) is 4. The van der Waals surface area contributed by atoms with E-state index in [9.17, 15) is 0 Å². The zero-order valence-corrected chi connectivity index (χ0v) is 24.0. The summed E-state index contributed by atoms with van der Waals surface area (Å²) in [5.74, 6) is 0. The van der Waals surface area contributed by atoms with Crippen molar-refractivity contribution in [2.75, 3.05) is 11.9 Å². The van der Waals surface area contributed by atoms with E-state index in [1.807, 2.05) is 61.6 Å². The number of benzene rings is 4. The zero-order chi connectivity index (χ0) is 25.6. The number of hydrogen-bond donors (Lipinski definition) is 0. The summed E-state index contributed by atoms with van der Waals surface area (Å²) in [5.41, 5.74) is 8.06. The monoisotopic (exact) mass is 682 g/mol. The summed E-state index contributed by atoms with van der Waals surface area (Å²) in [6.45, 7) is 4.09. The molecule has 8 rings (SSSR count). The van der Waals surface area contributed by atoms with Gasteiger partial charge < -0.3 is 19.2 Å². The number of hydrogen-bond acceptors (Lipinski definition) is 3. The molecule has 5 heteroatoms. The van der Waals surface area contributed by atoms with E-state index >= 15 is 0 Å². The van der Waals surface area contributed by atoms with Crippen molar-refractivity contribution in [3.63, 3.8) is 0 Å². The Hall–Kier alpha value is -4.18. The van der Waals surface area contributed by atoms with Crippen LogP contribution >= 0.6 is 0 Å². The SMILES string of the molecule is CN1C=CN(c2[c-]cc3c4cccc5c6ccccc6n(c3c2)c54)[CH-]1.Cc1ccc(-c2[c-]cccc2)nc1.[Ir+3]. The number of rotatable bonds is 2. The number of pyridine rings is 1. The number of para-hydroxylation sites is 2. The number of anilines is 1. The average molecular weight is 682 g/mol. The van der Waals surface area contributed by atoms with Crippen LogP contribution in [0.3, 0.4) is 0 Å². The van der Waals surface area contributed by atoms with Gasteiger partial charge in [-0.15, -0.1) is 53.0 Å². The summed E-state index contributed by atoms with van der Waals surface area (Å²) in [4.78, 5) is 8.46. The first-order valence-electron chi connectivity index (χ1n) is 12.7. The summed E-state index contributed by atoms with van der Waals surface area (Å²) in [7, 11) is 2.03. The third-order valence-electron chi connectivity index (χ3n) is 7.08. The molecule has 0 amide bonds. The van der Waals surface area contributed by atoms with Crippen LogP contribution in [-0.2, 0) is 20.1 Å². The van der Waals surface area contributed by atoms with Crippen molar-refractivity contribution in [3.8, 4) is 11.3 Å². The molecule has 0 N–H and O–H groups in total. The van der Waals surface area contributed by atoms with Gasteiger partial charge in [0, 0.05) is 22.5 Å². The van der Waals surface area contributed by atoms with Gasteiger partial charge in [-0.2, -0.15) is 18.8 Å². The summed E-state index contributed by atoms with van der Waals surface area (Å²) in [6.07, 6.45) is 5.97. The first-order valence-corrected chi connectivity index (χ1v) is 12.7. The molecule has 190 valence electrons. The van der Waals surface area contributed by atoms with Gasteiger partial charge in [-0.1, -0.05) is 54.0 Å². The van der Waals surface area contributed by atoms with Crippen LogP contribution in [0.15, 0.2) is 110 Å². The van der Waals surface area contributed by atoms with Crippen molar-refractivity contribution in [2.24, 2.45) is 0 Å². The summed E-state index contributed by atoms with van der Waals surface area (Å²) < 4.78 is 2.40. The fraction of sp³-hybridized carbons (Fsp3) is 0.0588. The van der Waals surface area contributed by atoms with Crippen molar-refractivity contribution in [3.05, 3.63) is 134 Å². The van der Waals surface area contributed by atoms with Gasteiger partial charge in [-0.25, -0.2) is 0 Å². The topological polar surface area (TPSA) is 23.8 Å². The van der Waals surface area contributed by atoms with E-state index in [1.165, 1.54) is 43.7 Å². The molecule has 1 aliphatic heterocycles. The Bertz CT molecular complexity index is 1920. The van der Waals surface area contributed by atoms with Gasteiger partial charge in [0.1, 0.15) is 0 Å². The van der Waals surface area contributed by atoms with Crippen LogP contribution in [0, 0.1) is 25.7 Å². The van der Waals surface area contributed by atoms with Crippen molar-refractivity contribution < 1.29 is 20.1 Å². The van der Waals surface area contributed by atoms with Gasteiger partial charge in [-0.3, -0.25) is 0 Å². The van der Waals surface area contributed by atoms with Gasteiger partial charge >= 0.3 is 20.1 Å². The molecule has 0 atom stereocenters. The van der Waals surface area contributed by atoms with Crippen LogP contribution in [0.4, 0.5) is 5.69 Å². The molecule has 4 aromatic carbocycles. The van der Waals surface area contributed by atoms with E-state index in [0.717, 1.165) is 16.9 Å². The number of fused-ring (bicyclic) bond motifs is 6. The molecule has 0 radical (unpaired) electrons. The van der Waals surface area contributed by atoms with Crippen LogP contribution in [0.25, 0.3) is 49.4 Å². The van der Waals surface area contributed by atoms with E-state index in [0.29, 0.717) is 0 Å². The molecule has 0 saturated carbocycles. The Labute approximate surface area is 241 Å². The third kappa shape index (κ3) is 4.34. The fourth-order valence-electron chi connectivity index (χ4n) is 5.28. The molecule has 39 heavy (non-hydrogen) atoms. The molecule has 4 nitrogen and oxygen atoms in total. The maximum atomic E-state index is 4.32. The molecule has 0 unspecified atom stereocenters. The summed E-state index contributed by atoms with van der Waals surface area (Å²) in [5, 5.41) is 5.18. The molecule has 1 aliphatic rings. The van der Waals surface area contributed by atoms with Crippen LogP contribution < -0.4 is 4.90 Å². The largest absolute Gasteiger partial charge is 3.00 e. The van der Waals surface area contributed by atoms with E-state index in [4.69, 9.17) is 0 Å². The molecule has 0 aliphatic carbocycles. The standard InChI is InChI=1S/C22H15N3.C12H10N.Ir/c1-23-11-12-24(14-23)15-9-10-17-19-7-4-6-18-16-5-2-3-8-20(16)25(22(18)19)21(17)13-15;1-10-7-8-12(13-9-10)11-5-3-2-4-6-11;/h2-8,10-14H,1H3;2-5,7-9H,1H3;/q-2;-1;+3. The van der Waals surface area contributed by atoms with E-state index in [2.05, 4.69) is 99.9 Å². The quantitative estimate of drug-likeness (QED) is 0.174. The zero-order valence-electron chi connectivity index (χ0n) is 21.6. The third-order valence-corrected chi connectivity index (χ3v) is 7.08. The second-order valence-electron chi connectivity index (χ2n) is 9.65. The molecule has 0 saturated heterocycles. The first kappa shape index (κ1) is 25.1. The smallest absolute Gasteiger partial charge is 0.510 e. The first-order chi connectivity index (χ1) is 18.7. The predicted molar refractivity (Wildman–Crippen MR) is 157 cm³/mol. The van der Waals surface area contributed by atoms with Gasteiger partial charge in [0.25, 0.3) is 0 Å². The molecular weight excluding hydrogens is 657 g/mol. The number of aryl methyl sites for hydroxylation is 1. The second-order valence-corrected chi connectivity index (χ2v) is 9.65. The van der Waals surface area contributed by atoms with Crippen LogP contribution in [0.5, 0.6) is 0 Å². The second kappa shape index (κ2) is 10.2. The Morgan fingerprint density at radius 1 is 0.769 bits per heavy atom. The minimum Gasteiger partial charge on any atom is -0.510 e. The van der Waals surface area contributed by atoms with Gasteiger partial charge in [0.15, 0.2) is 0 Å². The maximum absolute atomic E-state index is 4.32. The van der Waals surface area contributed by atoms with Gasteiger partial charge in [0.05, 0.1) is 5.52 Å². The molecule has 0 spiro atoms. The Kier molecular flexibility index (Phi) is 6.56. The minimum absolute atomic E-state index is 0. The fourth-order valence-corrected chi connectivity index (χ4v) is 5.28. The van der Waals surface area contributed by atoms with E-state index in [1.54, 1.807) is 0 Å². The van der Waals surface area contributed by atoms with Crippen molar-refractivity contribution in [1.29, 1.82) is 0 Å². The van der Waals surface area contributed by atoms with Crippen LogP contribution in [-0.4, -0.2) is 21.3 Å². The molecular formula is C34H25IrN4. The van der Waals surface area contributed by atoms with Crippen molar-refractivity contribution in [1.82, 2.24) is 14.3 Å². The predicted octanol–water partition coefficient (Wildman–Crippen LogP) is 7.83. The molecule has 3 aromatic heterocycles. The Balaban J connectivity index is 0.000000169. The average Bonchev–Trinajstić information content (AvgIpc) is 3.65. The summed E-state index contributed by atoms with van der Waals surface area (Å²) >= 11 is 0. The molecule has 0 bridgehead atoms. The van der Waals surface area contributed by atoms with Crippen molar-refractivity contribution >= 4 is 43.8 Å². The van der Waals surface area contributed by atoms with Crippen LogP contribution in [0.1, 0.15) is 5.56 Å². The maximum Gasteiger partial charge on any atom is 3.00 e. The minimum atomic E-state index is 0. The molecule has 4 heterocycles.